The molecule has 1 saturated carbocycles. The second-order valence-corrected chi connectivity index (χ2v) is 8.02. The van der Waals surface area contributed by atoms with Crippen LogP contribution in [0.15, 0.2) is 24.3 Å². The Bertz CT molecular complexity index is 654. The van der Waals surface area contributed by atoms with Gasteiger partial charge in [0, 0.05) is 5.02 Å². The van der Waals surface area contributed by atoms with E-state index in [9.17, 15) is 35.7 Å². The zero-order valence-corrected chi connectivity index (χ0v) is 15.8. The highest BCUT2D eigenvalue weighted by Crippen LogP contribution is 2.67. The van der Waals surface area contributed by atoms with Gasteiger partial charge in [0.25, 0.3) is 5.79 Å². The van der Waals surface area contributed by atoms with E-state index in [1.54, 1.807) is 13.8 Å². The standard InChI is InChI=1S/C17H26ClNO7/c1-10(2)9-13(20,19(3)4)14(11-5-7-12(18)8-6-11)15(21,22)17(25,26)16(14,23)24/h5-8,10,20-26H,9H2,1-4H3. The summed E-state index contributed by atoms with van der Waals surface area (Å²) in [5.41, 5.74) is -5.15. The highest BCUT2D eigenvalue weighted by Gasteiger charge is 2.95. The first-order valence-corrected chi connectivity index (χ1v) is 8.49. The van der Waals surface area contributed by atoms with Gasteiger partial charge in [-0.2, -0.15) is 0 Å². The van der Waals surface area contributed by atoms with Crippen molar-refractivity contribution >= 4 is 11.6 Å². The van der Waals surface area contributed by atoms with Gasteiger partial charge in [-0.3, -0.25) is 4.90 Å². The first-order valence-electron chi connectivity index (χ1n) is 8.11. The van der Waals surface area contributed by atoms with E-state index >= 15 is 0 Å². The molecule has 1 unspecified atom stereocenters. The summed E-state index contributed by atoms with van der Waals surface area (Å²) in [4.78, 5) is 1.18. The lowest BCUT2D eigenvalue weighted by Crippen LogP contribution is -2.99. The Morgan fingerprint density at radius 3 is 1.69 bits per heavy atom. The topological polar surface area (TPSA) is 145 Å². The SMILES string of the molecule is CC(C)CC(O)(N(C)C)C1(c2ccc(Cl)cc2)C(O)(O)C(O)(O)C1(O)O. The molecule has 148 valence electrons. The number of likely N-dealkylation sites (N-methyl/N-ethyl adjacent to an activating group) is 1. The Hall–Kier alpha value is -0.810. The van der Waals surface area contributed by atoms with Crippen molar-refractivity contribution < 1.29 is 35.7 Å². The maximum atomic E-state index is 11.5. The lowest BCUT2D eigenvalue weighted by Gasteiger charge is -2.72. The molecule has 0 spiro atoms. The zero-order valence-electron chi connectivity index (χ0n) is 15.0. The largest absolute Gasteiger partial charge is 0.374 e. The van der Waals surface area contributed by atoms with Crippen molar-refractivity contribution in [3.8, 4) is 0 Å². The summed E-state index contributed by atoms with van der Waals surface area (Å²) in [6.07, 6.45) is -0.148. The van der Waals surface area contributed by atoms with Gasteiger partial charge in [0.05, 0.1) is 0 Å². The van der Waals surface area contributed by atoms with Crippen LogP contribution in [-0.4, -0.2) is 77.8 Å². The van der Waals surface area contributed by atoms with Gasteiger partial charge in [-0.25, -0.2) is 0 Å². The van der Waals surface area contributed by atoms with Gasteiger partial charge in [-0.1, -0.05) is 37.6 Å². The fraction of sp³-hybridized carbons (Fsp3) is 0.647. The molecule has 9 heteroatoms. The Morgan fingerprint density at radius 2 is 1.35 bits per heavy atom. The minimum absolute atomic E-state index is 0.146. The second kappa shape index (κ2) is 6.10. The van der Waals surface area contributed by atoms with E-state index < -0.39 is 28.5 Å². The summed E-state index contributed by atoms with van der Waals surface area (Å²) in [5, 5.41) is 74.3. The van der Waals surface area contributed by atoms with Crippen molar-refractivity contribution in [2.75, 3.05) is 14.1 Å². The van der Waals surface area contributed by atoms with Crippen LogP contribution in [0.2, 0.25) is 5.02 Å². The summed E-state index contributed by atoms with van der Waals surface area (Å²) in [7, 11) is 2.81. The summed E-state index contributed by atoms with van der Waals surface area (Å²) < 4.78 is 0. The molecule has 8 nitrogen and oxygen atoms in total. The van der Waals surface area contributed by atoms with Crippen molar-refractivity contribution in [2.24, 2.45) is 5.92 Å². The third kappa shape index (κ3) is 2.25. The molecule has 1 atom stereocenters. The lowest BCUT2D eigenvalue weighted by molar-refractivity contribution is -0.591. The molecule has 2 rings (SSSR count). The summed E-state index contributed by atoms with van der Waals surface area (Å²) >= 11 is 5.86. The molecule has 1 aliphatic rings. The number of hydrogen-bond acceptors (Lipinski definition) is 8. The van der Waals surface area contributed by atoms with Gasteiger partial charge in [0.2, 0.25) is 11.6 Å². The van der Waals surface area contributed by atoms with Crippen LogP contribution in [-0.2, 0) is 5.41 Å². The molecule has 1 fully saturated rings. The molecule has 0 saturated heterocycles. The molecule has 26 heavy (non-hydrogen) atoms. The van der Waals surface area contributed by atoms with Gasteiger partial charge >= 0.3 is 0 Å². The maximum absolute atomic E-state index is 11.5. The number of benzene rings is 1. The van der Waals surface area contributed by atoms with E-state index in [0.29, 0.717) is 0 Å². The Kier molecular flexibility index (Phi) is 5.04. The van der Waals surface area contributed by atoms with Gasteiger partial charge < -0.3 is 35.7 Å². The minimum atomic E-state index is -3.72. The van der Waals surface area contributed by atoms with Gasteiger partial charge in [0.15, 0.2) is 5.41 Å². The van der Waals surface area contributed by atoms with Crippen molar-refractivity contribution in [2.45, 2.75) is 48.8 Å². The molecule has 1 aromatic rings. The van der Waals surface area contributed by atoms with Crippen LogP contribution in [0, 0.1) is 5.92 Å². The average Bonchev–Trinajstić information content (AvgIpc) is 2.47. The summed E-state index contributed by atoms with van der Waals surface area (Å²) in [5.74, 6) is -11.0. The first-order chi connectivity index (χ1) is 11.6. The molecule has 0 radical (unpaired) electrons. The number of halogens is 1. The number of rotatable bonds is 5. The zero-order chi connectivity index (χ0) is 20.3. The predicted octanol–water partition coefficient (Wildman–Crippen LogP) is -1.07. The molecule has 1 aliphatic carbocycles. The van der Waals surface area contributed by atoms with Crippen LogP contribution in [0.3, 0.4) is 0 Å². The summed E-state index contributed by atoms with van der Waals surface area (Å²) in [6.45, 7) is 3.47. The van der Waals surface area contributed by atoms with Gasteiger partial charge in [0.1, 0.15) is 5.72 Å². The van der Waals surface area contributed by atoms with Crippen molar-refractivity contribution in [3.05, 3.63) is 34.9 Å². The summed E-state index contributed by atoms with van der Waals surface area (Å²) in [6, 6.07) is 5.22. The smallest absolute Gasteiger partial charge is 0.276 e. The van der Waals surface area contributed by atoms with E-state index in [0.717, 1.165) is 0 Å². The lowest BCUT2D eigenvalue weighted by atomic mass is 9.45. The fourth-order valence-electron chi connectivity index (χ4n) is 4.08. The highest BCUT2D eigenvalue weighted by molar-refractivity contribution is 6.30. The Morgan fingerprint density at radius 1 is 0.923 bits per heavy atom. The van der Waals surface area contributed by atoms with E-state index in [1.165, 1.54) is 43.3 Å². The van der Waals surface area contributed by atoms with Crippen molar-refractivity contribution in [1.29, 1.82) is 0 Å². The van der Waals surface area contributed by atoms with E-state index in [-0.39, 0.29) is 22.9 Å². The van der Waals surface area contributed by atoms with Crippen LogP contribution < -0.4 is 0 Å². The van der Waals surface area contributed by atoms with E-state index in [1.807, 2.05) is 0 Å². The first kappa shape index (κ1) is 21.5. The molecule has 0 amide bonds. The molecule has 7 N–H and O–H groups in total. The third-order valence-electron chi connectivity index (χ3n) is 5.33. The molecule has 0 bridgehead atoms. The van der Waals surface area contributed by atoms with Gasteiger partial charge in [-0.05, 0) is 44.1 Å². The Balaban J connectivity index is 2.91. The third-order valence-corrected chi connectivity index (χ3v) is 5.58. The van der Waals surface area contributed by atoms with Crippen LogP contribution >= 0.6 is 11.6 Å². The van der Waals surface area contributed by atoms with Gasteiger partial charge in [-0.15, -0.1) is 0 Å². The number of hydrogen-bond donors (Lipinski definition) is 7. The van der Waals surface area contributed by atoms with Crippen molar-refractivity contribution in [1.82, 2.24) is 4.90 Å². The molecule has 1 aromatic carbocycles. The monoisotopic (exact) mass is 391 g/mol. The fourth-order valence-corrected chi connectivity index (χ4v) is 4.20. The quantitative estimate of drug-likeness (QED) is 0.314. The van der Waals surface area contributed by atoms with Crippen molar-refractivity contribution in [3.63, 3.8) is 0 Å². The maximum Gasteiger partial charge on any atom is 0.276 e. The molecule has 0 aromatic heterocycles. The Labute approximate surface area is 156 Å². The molecular weight excluding hydrogens is 366 g/mol. The molecule has 0 aliphatic heterocycles. The normalized spacial score (nSPS) is 25.0. The average molecular weight is 392 g/mol. The van der Waals surface area contributed by atoms with E-state index in [4.69, 9.17) is 11.6 Å². The van der Waals surface area contributed by atoms with Crippen LogP contribution in [0.5, 0.6) is 0 Å². The van der Waals surface area contributed by atoms with E-state index in [2.05, 4.69) is 0 Å². The minimum Gasteiger partial charge on any atom is -0.374 e. The number of aliphatic hydroxyl groups is 7. The molecule has 0 heterocycles. The molecular formula is C17H26ClNO7. The van der Waals surface area contributed by atoms with Crippen LogP contribution in [0.4, 0.5) is 0 Å². The van der Waals surface area contributed by atoms with Crippen LogP contribution in [0.1, 0.15) is 25.8 Å². The number of nitrogens with zero attached hydrogens (tertiary/aromatic N) is 1. The highest BCUT2D eigenvalue weighted by atomic mass is 35.5. The second-order valence-electron chi connectivity index (χ2n) is 7.58. The predicted molar refractivity (Wildman–Crippen MR) is 92.7 cm³/mol. The van der Waals surface area contributed by atoms with Crippen LogP contribution in [0.25, 0.3) is 0 Å².